The van der Waals surface area contributed by atoms with Crippen LogP contribution in [0, 0.1) is 47.3 Å². The van der Waals surface area contributed by atoms with Crippen molar-refractivity contribution < 1.29 is 24.2 Å². The number of rotatable bonds is 11. The number of carbonyl (C=O) groups excluding carboxylic acids is 3. The van der Waals surface area contributed by atoms with E-state index in [1.165, 1.54) is 109 Å². The molecule has 0 bridgehead atoms. The van der Waals surface area contributed by atoms with Crippen LogP contribution in [0.15, 0.2) is 11.1 Å². The summed E-state index contributed by atoms with van der Waals surface area (Å²) >= 11 is 0. The number of likely N-dealkylation sites (tertiary alicyclic amines) is 1. The highest BCUT2D eigenvalue weighted by Gasteiger charge is 2.50. The number of hydrogen-bond donors (Lipinski definition) is 3. The molecule has 3 N–H and O–H groups in total. The number of fused-ring (bicyclic) bond motifs is 2. The third-order valence-electron chi connectivity index (χ3n) is 16.5. The third-order valence-corrected chi connectivity index (χ3v) is 16.5. The molecule has 8 fully saturated rings. The smallest absolute Gasteiger partial charge is 0.249 e. The second-order valence-electron chi connectivity index (χ2n) is 19.6. The molecule has 8 atom stereocenters. The molecule has 5 aliphatic carbocycles. The van der Waals surface area contributed by atoms with E-state index in [1.807, 2.05) is 16.0 Å². The molecule has 0 radical (unpaired) electrons. The molecule has 0 aromatic carbocycles. The number of carbonyl (C=O) groups is 3. The fourth-order valence-electron chi connectivity index (χ4n) is 13.8. The number of aliphatic hydroxyl groups is 1. The Balaban J connectivity index is 0.761. The van der Waals surface area contributed by atoms with E-state index >= 15 is 0 Å². The molecular weight excluding hydrogens is 675 g/mol. The first kappa shape index (κ1) is 39.1. The lowest BCUT2D eigenvalue weighted by Gasteiger charge is -2.40. The maximum absolute atomic E-state index is 13.4. The Morgan fingerprint density at radius 3 is 2.17 bits per heavy atom. The number of aliphatic hydroxyl groups excluding tert-OH is 1. The molecule has 5 saturated carbocycles. The Hall–Kier alpha value is -1.77. The van der Waals surface area contributed by atoms with Crippen molar-refractivity contribution in [1.29, 1.82) is 0 Å². The molecule has 54 heavy (non-hydrogen) atoms. The quantitative estimate of drug-likeness (QED) is 0.112. The SMILES string of the molecule is CC/C(=C(\C1CCC(O)CC1)C1CCC(OCCCC2CC3CC(C4CCC5C(=O)N(C6CCC(=O)NC6=O)CC5C4)CCC3N2)CC1)C1CCCCC1. The van der Waals surface area contributed by atoms with Crippen LogP contribution in [0.5, 0.6) is 0 Å². The molecule has 3 saturated heterocycles. The minimum absolute atomic E-state index is 0.0738. The summed E-state index contributed by atoms with van der Waals surface area (Å²) in [4.78, 5) is 39.4. The summed E-state index contributed by atoms with van der Waals surface area (Å²) in [5, 5.41) is 16.8. The molecule has 0 aromatic heterocycles. The van der Waals surface area contributed by atoms with Crippen molar-refractivity contribution in [3.8, 4) is 0 Å². The van der Waals surface area contributed by atoms with Crippen LogP contribution in [-0.4, -0.2) is 71.2 Å². The van der Waals surface area contributed by atoms with Gasteiger partial charge in [-0.15, -0.1) is 0 Å². The van der Waals surface area contributed by atoms with E-state index in [0.717, 1.165) is 68.8 Å². The molecule has 302 valence electrons. The van der Waals surface area contributed by atoms with Crippen molar-refractivity contribution in [2.75, 3.05) is 13.2 Å². The van der Waals surface area contributed by atoms with Gasteiger partial charge in [-0.2, -0.15) is 0 Å². The minimum Gasteiger partial charge on any atom is -0.393 e. The Kier molecular flexibility index (Phi) is 12.9. The highest BCUT2D eigenvalue weighted by Crippen LogP contribution is 2.49. The van der Waals surface area contributed by atoms with E-state index < -0.39 is 6.04 Å². The molecule has 8 heteroatoms. The summed E-state index contributed by atoms with van der Waals surface area (Å²) < 4.78 is 6.61. The van der Waals surface area contributed by atoms with Gasteiger partial charge in [0, 0.05) is 37.6 Å². The van der Waals surface area contributed by atoms with Gasteiger partial charge in [0.15, 0.2) is 0 Å². The van der Waals surface area contributed by atoms with Crippen molar-refractivity contribution in [1.82, 2.24) is 15.5 Å². The van der Waals surface area contributed by atoms with Crippen molar-refractivity contribution >= 4 is 17.7 Å². The minimum atomic E-state index is -0.458. The van der Waals surface area contributed by atoms with Gasteiger partial charge < -0.3 is 20.1 Å². The van der Waals surface area contributed by atoms with Crippen molar-refractivity contribution in [3.63, 3.8) is 0 Å². The topological polar surface area (TPSA) is 108 Å². The monoisotopic (exact) mass is 748 g/mol. The molecule has 8 nitrogen and oxygen atoms in total. The summed E-state index contributed by atoms with van der Waals surface area (Å²) in [7, 11) is 0. The van der Waals surface area contributed by atoms with Crippen molar-refractivity contribution in [2.45, 2.75) is 198 Å². The fourth-order valence-corrected chi connectivity index (χ4v) is 13.8. The number of nitrogens with one attached hydrogen (secondary N) is 2. The molecule has 0 aromatic rings. The van der Waals surface area contributed by atoms with Crippen LogP contribution in [0.3, 0.4) is 0 Å². The highest BCUT2D eigenvalue weighted by atomic mass is 16.5. The van der Waals surface area contributed by atoms with Crippen LogP contribution in [-0.2, 0) is 19.1 Å². The van der Waals surface area contributed by atoms with Gasteiger partial charge >= 0.3 is 0 Å². The van der Waals surface area contributed by atoms with E-state index in [-0.39, 0.29) is 29.7 Å². The van der Waals surface area contributed by atoms with Crippen molar-refractivity contribution in [3.05, 3.63) is 11.1 Å². The van der Waals surface area contributed by atoms with Gasteiger partial charge in [-0.25, -0.2) is 0 Å². The number of allylic oxidation sites excluding steroid dienone is 2. The highest BCUT2D eigenvalue weighted by molar-refractivity contribution is 6.02. The summed E-state index contributed by atoms with van der Waals surface area (Å²) in [5.41, 5.74) is 3.70. The van der Waals surface area contributed by atoms with Crippen LogP contribution in [0.2, 0.25) is 0 Å². The zero-order valence-electron chi connectivity index (χ0n) is 33.6. The van der Waals surface area contributed by atoms with Gasteiger partial charge in [0.25, 0.3) is 0 Å². The van der Waals surface area contributed by atoms with E-state index in [1.54, 1.807) is 0 Å². The fraction of sp³-hybridized carbons (Fsp3) is 0.891. The number of imide groups is 1. The molecule has 0 spiro atoms. The lowest BCUT2D eigenvalue weighted by Crippen LogP contribution is -2.53. The Morgan fingerprint density at radius 1 is 0.741 bits per heavy atom. The largest absolute Gasteiger partial charge is 0.393 e. The standard InChI is InChI=1S/C46H73N3O5/c1-2-39(29-7-4-3-5-8-29)44(30-10-16-37(50)17-11-30)31-12-18-38(19-13-31)54-24-6-9-36-27-34-25-33(15-21-41(34)47-36)32-14-20-40-35(26-32)28-49(46(40)53)42-22-23-43(51)48-45(42)52/h29-38,40-42,47,50H,2-28H2,1H3,(H,48,51,52)/b44-39-. The van der Waals surface area contributed by atoms with Crippen LogP contribution < -0.4 is 10.6 Å². The molecule has 3 amide bonds. The molecule has 8 unspecified atom stereocenters. The first-order valence-corrected chi connectivity index (χ1v) is 23.3. The Morgan fingerprint density at radius 2 is 1.44 bits per heavy atom. The average Bonchev–Trinajstić information content (AvgIpc) is 3.76. The average molecular weight is 748 g/mol. The van der Waals surface area contributed by atoms with Gasteiger partial charge in [-0.3, -0.25) is 19.7 Å². The number of hydrogen-bond acceptors (Lipinski definition) is 6. The summed E-state index contributed by atoms with van der Waals surface area (Å²) in [6, 6.07) is 0.837. The van der Waals surface area contributed by atoms with Crippen molar-refractivity contribution in [2.24, 2.45) is 47.3 Å². The number of ether oxygens (including phenoxy) is 1. The van der Waals surface area contributed by atoms with Crippen LogP contribution in [0.4, 0.5) is 0 Å². The number of amides is 3. The lowest BCUT2D eigenvalue weighted by atomic mass is 9.65. The molecule has 3 heterocycles. The second-order valence-corrected chi connectivity index (χ2v) is 19.6. The molecule has 3 aliphatic heterocycles. The summed E-state index contributed by atoms with van der Waals surface area (Å²) in [6.07, 6.45) is 29.6. The van der Waals surface area contributed by atoms with Crippen LogP contribution >= 0.6 is 0 Å². The Labute approximate surface area is 326 Å². The molecule has 8 rings (SSSR count). The number of piperidine rings is 1. The second kappa shape index (κ2) is 17.8. The van der Waals surface area contributed by atoms with Crippen LogP contribution in [0.1, 0.15) is 167 Å². The maximum Gasteiger partial charge on any atom is 0.249 e. The van der Waals surface area contributed by atoms with E-state index in [2.05, 4.69) is 17.6 Å². The normalized spacial score (nSPS) is 41.3. The predicted octanol–water partition coefficient (Wildman–Crippen LogP) is 8.01. The third kappa shape index (κ3) is 8.71. The zero-order valence-corrected chi connectivity index (χ0v) is 33.6. The van der Waals surface area contributed by atoms with Crippen LogP contribution in [0.25, 0.3) is 0 Å². The van der Waals surface area contributed by atoms with Gasteiger partial charge in [-0.05, 0) is 176 Å². The first-order valence-electron chi connectivity index (χ1n) is 23.3. The number of nitrogens with zero attached hydrogens (tertiary/aromatic N) is 1. The summed E-state index contributed by atoms with van der Waals surface area (Å²) in [6.45, 7) is 4.02. The predicted molar refractivity (Wildman–Crippen MR) is 211 cm³/mol. The van der Waals surface area contributed by atoms with E-state index in [9.17, 15) is 19.5 Å². The molecule has 8 aliphatic rings. The summed E-state index contributed by atoms with van der Waals surface area (Å²) in [5.74, 6) is 4.62. The molecular formula is C46H73N3O5. The van der Waals surface area contributed by atoms with E-state index in [0.29, 0.717) is 55.3 Å². The van der Waals surface area contributed by atoms with Gasteiger partial charge in [0.2, 0.25) is 17.7 Å². The van der Waals surface area contributed by atoms with E-state index in [4.69, 9.17) is 4.74 Å². The Bertz CT molecular complexity index is 1340. The van der Waals surface area contributed by atoms with Gasteiger partial charge in [-0.1, -0.05) is 37.3 Å². The lowest BCUT2D eigenvalue weighted by molar-refractivity contribution is -0.144. The first-order chi connectivity index (χ1) is 26.3. The maximum atomic E-state index is 13.4. The zero-order chi connectivity index (χ0) is 37.2. The van der Waals surface area contributed by atoms with Gasteiger partial charge in [0.05, 0.1) is 12.2 Å². The van der Waals surface area contributed by atoms with Gasteiger partial charge in [0.1, 0.15) is 6.04 Å².